The molecule has 5 heteroatoms. The van der Waals surface area contributed by atoms with Gasteiger partial charge in [0.2, 0.25) is 5.91 Å². The van der Waals surface area contributed by atoms with Gasteiger partial charge in [-0.25, -0.2) is 0 Å². The predicted molar refractivity (Wildman–Crippen MR) is 68.9 cm³/mol. The van der Waals surface area contributed by atoms with Gasteiger partial charge in [0.1, 0.15) is 13.2 Å². The van der Waals surface area contributed by atoms with Crippen LogP contribution in [0.25, 0.3) is 0 Å². The van der Waals surface area contributed by atoms with Crippen molar-refractivity contribution in [2.75, 3.05) is 25.1 Å². The van der Waals surface area contributed by atoms with Gasteiger partial charge in [0.15, 0.2) is 11.5 Å². The number of ether oxygens (including phenoxy) is 2. The second-order valence-electron chi connectivity index (χ2n) is 4.33. The van der Waals surface area contributed by atoms with Crippen LogP contribution in [0.4, 0.5) is 5.69 Å². The Morgan fingerprint density at radius 1 is 1.39 bits per heavy atom. The monoisotopic (exact) mass is 250 g/mol. The van der Waals surface area contributed by atoms with Crippen LogP contribution in [0.5, 0.6) is 11.5 Å². The van der Waals surface area contributed by atoms with Crippen molar-refractivity contribution in [3.8, 4) is 11.5 Å². The number of nitrogens with one attached hydrogen (secondary N) is 1. The molecule has 1 atom stereocenters. The van der Waals surface area contributed by atoms with Gasteiger partial charge in [-0.3, -0.25) is 4.79 Å². The molecular formula is C13H18N2O3. The molecule has 1 aliphatic heterocycles. The zero-order valence-electron chi connectivity index (χ0n) is 10.4. The van der Waals surface area contributed by atoms with Gasteiger partial charge < -0.3 is 20.5 Å². The van der Waals surface area contributed by atoms with Crippen molar-refractivity contribution in [3.63, 3.8) is 0 Å². The van der Waals surface area contributed by atoms with E-state index in [1.165, 1.54) is 0 Å². The summed E-state index contributed by atoms with van der Waals surface area (Å²) in [6, 6.07) is 5.39. The average Bonchev–Trinajstić information content (AvgIpc) is 2.39. The molecule has 1 aliphatic rings. The maximum atomic E-state index is 11.8. The van der Waals surface area contributed by atoms with Gasteiger partial charge in [-0.15, -0.1) is 0 Å². The minimum absolute atomic E-state index is 0.0304. The zero-order valence-corrected chi connectivity index (χ0v) is 10.4. The fraction of sp³-hybridized carbons (Fsp3) is 0.462. The predicted octanol–water partition coefficient (Wildman–Crippen LogP) is 1.38. The molecule has 98 valence electrons. The van der Waals surface area contributed by atoms with Crippen LogP contribution in [0.2, 0.25) is 0 Å². The van der Waals surface area contributed by atoms with Crippen molar-refractivity contribution in [1.82, 2.24) is 0 Å². The Labute approximate surface area is 106 Å². The molecule has 0 aliphatic carbocycles. The Hall–Kier alpha value is -1.75. The molecule has 0 saturated heterocycles. The number of carbonyl (C=O) groups excluding carboxylic acids is 1. The summed E-state index contributed by atoms with van der Waals surface area (Å²) in [5, 5.41) is 2.85. The SMILES string of the molecule is CC(CCN)C(=O)Nc1ccc2c(c1)OCCO2. The third-order valence-electron chi connectivity index (χ3n) is 2.86. The molecule has 5 nitrogen and oxygen atoms in total. The first kappa shape index (κ1) is 12.7. The summed E-state index contributed by atoms with van der Waals surface area (Å²) in [6.45, 7) is 3.47. The van der Waals surface area contributed by atoms with Gasteiger partial charge in [-0.2, -0.15) is 0 Å². The molecule has 2 rings (SSSR count). The number of anilines is 1. The van der Waals surface area contributed by atoms with Crippen LogP contribution in [-0.2, 0) is 4.79 Å². The van der Waals surface area contributed by atoms with Gasteiger partial charge in [0, 0.05) is 17.7 Å². The van der Waals surface area contributed by atoms with E-state index < -0.39 is 0 Å². The van der Waals surface area contributed by atoms with Crippen molar-refractivity contribution in [2.45, 2.75) is 13.3 Å². The first-order valence-corrected chi connectivity index (χ1v) is 6.11. The number of nitrogens with two attached hydrogens (primary N) is 1. The fourth-order valence-corrected chi connectivity index (χ4v) is 1.77. The Bertz CT molecular complexity index is 434. The smallest absolute Gasteiger partial charge is 0.227 e. The maximum Gasteiger partial charge on any atom is 0.227 e. The number of hydrogen-bond acceptors (Lipinski definition) is 4. The van der Waals surface area contributed by atoms with Crippen LogP contribution in [0.3, 0.4) is 0 Å². The van der Waals surface area contributed by atoms with E-state index in [0.29, 0.717) is 43.4 Å². The summed E-state index contributed by atoms with van der Waals surface area (Å²) >= 11 is 0. The molecule has 1 amide bonds. The third-order valence-corrected chi connectivity index (χ3v) is 2.86. The van der Waals surface area contributed by atoms with E-state index in [9.17, 15) is 4.79 Å². The molecular weight excluding hydrogens is 232 g/mol. The average molecular weight is 250 g/mol. The van der Waals surface area contributed by atoms with Gasteiger partial charge in [0.25, 0.3) is 0 Å². The third kappa shape index (κ3) is 2.92. The molecule has 0 radical (unpaired) electrons. The first-order chi connectivity index (χ1) is 8.70. The van der Waals surface area contributed by atoms with Crippen molar-refractivity contribution < 1.29 is 14.3 Å². The lowest BCUT2D eigenvalue weighted by atomic mass is 10.1. The quantitative estimate of drug-likeness (QED) is 0.846. The molecule has 3 N–H and O–H groups in total. The number of amides is 1. The minimum atomic E-state index is -0.0943. The topological polar surface area (TPSA) is 73.6 Å². The number of carbonyl (C=O) groups is 1. The highest BCUT2D eigenvalue weighted by Crippen LogP contribution is 2.32. The molecule has 0 saturated carbocycles. The molecule has 0 fully saturated rings. The van der Waals surface area contributed by atoms with Crippen LogP contribution in [-0.4, -0.2) is 25.7 Å². The number of fused-ring (bicyclic) bond motifs is 1. The summed E-state index contributed by atoms with van der Waals surface area (Å²) in [5.41, 5.74) is 6.15. The zero-order chi connectivity index (χ0) is 13.0. The molecule has 18 heavy (non-hydrogen) atoms. The first-order valence-electron chi connectivity index (χ1n) is 6.11. The van der Waals surface area contributed by atoms with Crippen LogP contribution >= 0.6 is 0 Å². The highest BCUT2D eigenvalue weighted by Gasteiger charge is 2.15. The van der Waals surface area contributed by atoms with Gasteiger partial charge in [0.05, 0.1) is 0 Å². The van der Waals surface area contributed by atoms with E-state index >= 15 is 0 Å². The van der Waals surface area contributed by atoms with Crippen LogP contribution in [0.15, 0.2) is 18.2 Å². The van der Waals surface area contributed by atoms with Gasteiger partial charge in [-0.1, -0.05) is 6.92 Å². The molecule has 0 spiro atoms. The van der Waals surface area contributed by atoms with Crippen LogP contribution < -0.4 is 20.5 Å². The molecule has 0 bridgehead atoms. The second kappa shape index (κ2) is 5.73. The Balaban J connectivity index is 2.03. The summed E-state index contributed by atoms with van der Waals surface area (Å²) in [4.78, 5) is 11.8. The lowest BCUT2D eigenvalue weighted by Crippen LogP contribution is -2.23. The molecule has 1 unspecified atom stereocenters. The number of rotatable bonds is 4. The molecule has 0 aromatic heterocycles. The largest absolute Gasteiger partial charge is 0.486 e. The molecule has 1 heterocycles. The van der Waals surface area contributed by atoms with E-state index in [0.717, 1.165) is 0 Å². The van der Waals surface area contributed by atoms with Crippen molar-refractivity contribution >= 4 is 11.6 Å². The highest BCUT2D eigenvalue weighted by molar-refractivity contribution is 5.92. The van der Waals surface area contributed by atoms with Crippen molar-refractivity contribution in [2.24, 2.45) is 11.7 Å². The minimum Gasteiger partial charge on any atom is -0.486 e. The highest BCUT2D eigenvalue weighted by atomic mass is 16.6. The summed E-state index contributed by atoms with van der Waals surface area (Å²) in [7, 11) is 0. The Morgan fingerprint density at radius 3 is 2.83 bits per heavy atom. The van der Waals surface area contributed by atoms with Gasteiger partial charge >= 0.3 is 0 Å². The fourth-order valence-electron chi connectivity index (χ4n) is 1.77. The van der Waals surface area contributed by atoms with E-state index in [-0.39, 0.29) is 11.8 Å². The van der Waals surface area contributed by atoms with E-state index in [1.807, 2.05) is 6.92 Å². The van der Waals surface area contributed by atoms with Crippen molar-refractivity contribution in [3.05, 3.63) is 18.2 Å². The Kier molecular flexibility index (Phi) is 4.04. The summed E-state index contributed by atoms with van der Waals surface area (Å²) in [5.74, 6) is 1.26. The van der Waals surface area contributed by atoms with Gasteiger partial charge in [-0.05, 0) is 25.1 Å². The number of hydrogen-bond donors (Lipinski definition) is 2. The maximum absolute atomic E-state index is 11.8. The van der Waals surface area contributed by atoms with Crippen LogP contribution in [0.1, 0.15) is 13.3 Å². The van der Waals surface area contributed by atoms with Crippen molar-refractivity contribution in [1.29, 1.82) is 0 Å². The standard InChI is InChI=1S/C13H18N2O3/c1-9(4-5-14)13(16)15-10-2-3-11-12(8-10)18-7-6-17-11/h2-3,8-9H,4-7,14H2,1H3,(H,15,16). The normalized spacial score (nSPS) is 15.0. The summed E-state index contributed by atoms with van der Waals surface area (Å²) in [6.07, 6.45) is 0.677. The Morgan fingerprint density at radius 2 is 2.11 bits per heavy atom. The summed E-state index contributed by atoms with van der Waals surface area (Å²) < 4.78 is 10.9. The lowest BCUT2D eigenvalue weighted by Gasteiger charge is -2.19. The van der Waals surface area contributed by atoms with E-state index in [2.05, 4.69) is 5.32 Å². The molecule has 1 aromatic carbocycles. The molecule has 1 aromatic rings. The van der Waals surface area contributed by atoms with Crippen LogP contribution in [0, 0.1) is 5.92 Å². The van der Waals surface area contributed by atoms with E-state index in [1.54, 1.807) is 18.2 Å². The second-order valence-corrected chi connectivity index (χ2v) is 4.33. The number of benzene rings is 1. The lowest BCUT2D eigenvalue weighted by molar-refractivity contribution is -0.119. The van der Waals surface area contributed by atoms with E-state index in [4.69, 9.17) is 15.2 Å².